The number of alkyl halides is 18. The molecule has 1 heterocycles. The summed E-state index contributed by atoms with van der Waals surface area (Å²) in [6, 6.07) is 0. The normalized spacial score (nSPS) is 16.5. The third kappa shape index (κ3) is 6.51. The van der Waals surface area contributed by atoms with Crippen LogP contribution in [0.2, 0.25) is 0 Å². The van der Waals surface area contributed by atoms with E-state index in [0.29, 0.717) is 0 Å². The van der Waals surface area contributed by atoms with Crippen molar-refractivity contribution in [2.45, 2.75) is 35.1 Å². The van der Waals surface area contributed by atoms with Gasteiger partial charge in [0, 0.05) is 10.8 Å². The Morgan fingerprint density at radius 1 is 0.328 bits per heavy atom. The van der Waals surface area contributed by atoms with E-state index in [9.17, 15) is 104 Å². The van der Waals surface area contributed by atoms with Crippen LogP contribution in [0.4, 0.5) is 105 Å². The van der Waals surface area contributed by atoms with Gasteiger partial charge in [-0.05, 0) is 0 Å². The smallest absolute Gasteiger partial charge is 0.450 e. The fourth-order valence-corrected chi connectivity index (χ4v) is 8.05. The van der Waals surface area contributed by atoms with Crippen LogP contribution in [0.3, 0.4) is 0 Å². The second-order valence-corrected chi connectivity index (χ2v) is 16.2. The van der Waals surface area contributed by atoms with Crippen molar-refractivity contribution in [3.8, 4) is 0 Å². The summed E-state index contributed by atoms with van der Waals surface area (Å²) in [7, 11) is -25.0. The summed E-state index contributed by atoms with van der Waals surface area (Å²) in [5.41, 5.74) is -28.5. The zero-order valence-corrected chi connectivity index (χ0v) is 27.6. The number of sulfone groups is 3. The number of hydrogen-bond donors (Lipinski definition) is 0. The lowest BCUT2D eigenvalue weighted by molar-refractivity contribution is -0.0724. The van der Waals surface area contributed by atoms with E-state index in [2.05, 4.69) is 4.42 Å². The maximum atomic E-state index is 16.0. The molecular formula is C24F24O7S3. The van der Waals surface area contributed by atoms with Crippen molar-refractivity contribution >= 4 is 76.9 Å². The monoisotopic (exact) mass is 952 g/mol. The fraction of sp³-hybridized carbons (Fsp3) is 0.250. The van der Waals surface area contributed by atoms with Gasteiger partial charge in [-0.1, -0.05) is 0 Å². The van der Waals surface area contributed by atoms with E-state index >= 15 is 26.3 Å². The van der Waals surface area contributed by atoms with Gasteiger partial charge in [-0.15, -0.1) is 0 Å². The third-order valence-corrected chi connectivity index (χ3v) is 11.9. The Bertz CT molecular complexity index is 2830. The fourth-order valence-electron chi connectivity index (χ4n) is 5.09. The first-order valence-electron chi connectivity index (χ1n) is 12.9. The van der Waals surface area contributed by atoms with Crippen LogP contribution in [0.5, 0.6) is 0 Å². The minimum Gasteiger partial charge on any atom is -0.450 e. The Morgan fingerprint density at radius 3 is 0.707 bits per heavy atom. The molecule has 324 valence electrons. The minimum absolute atomic E-state index is 3.19. The van der Waals surface area contributed by atoms with Crippen molar-refractivity contribution in [2.24, 2.45) is 0 Å². The Kier molecular flexibility index (Phi) is 10.2. The molecule has 0 N–H and O–H groups in total. The van der Waals surface area contributed by atoms with Crippen LogP contribution in [-0.4, -0.2) is 60.3 Å². The molecule has 0 fully saturated rings. The highest BCUT2D eigenvalue weighted by atomic mass is 32.2. The minimum atomic E-state index is -8.39. The predicted molar refractivity (Wildman–Crippen MR) is 139 cm³/mol. The number of hydrogen-bond acceptors (Lipinski definition) is 7. The van der Waals surface area contributed by atoms with Crippen molar-refractivity contribution in [1.82, 2.24) is 0 Å². The summed E-state index contributed by atoms with van der Waals surface area (Å²) >= 11 is 0. The summed E-state index contributed by atoms with van der Waals surface area (Å²) < 4.78 is 415. The van der Waals surface area contributed by atoms with Crippen LogP contribution in [-0.2, 0) is 29.5 Å². The summed E-state index contributed by atoms with van der Waals surface area (Å²) in [5.74, 6) is -23.2. The first kappa shape index (κ1) is 46.3. The first-order valence-corrected chi connectivity index (χ1v) is 17.4. The van der Waals surface area contributed by atoms with E-state index in [1.165, 1.54) is 0 Å². The van der Waals surface area contributed by atoms with E-state index in [1.54, 1.807) is 0 Å². The van der Waals surface area contributed by atoms with E-state index in [4.69, 9.17) is 0 Å². The highest BCUT2D eigenvalue weighted by Crippen LogP contribution is 2.46. The zero-order valence-electron chi connectivity index (χ0n) is 25.2. The van der Waals surface area contributed by atoms with Crippen LogP contribution < -0.4 is 15.7 Å². The average molecular weight is 952 g/mol. The maximum absolute atomic E-state index is 16.0. The molecule has 0 aliphatic rings. The van der Waals surface area contributed by atoms with Crippen LogP contribution >= 0.6 is 0 Å². The molecule has 0 radical (unpaired) electrons. The van der Waals surface area contributed by atoms with E-state index < -0.39 is 163 Å². The second kappa shape index (κ2) is 12.8. The molecule has 58 heavy (non-hydrogen) atoms. The zero-order chi connectivity index (χ0) is 45.6. The summed E-state index contributed by atoms with van der Waals surface area (Å²) in [6.45, 7) is 0. The quantitative estimate of drug-likeness (QED) is 0.201. The van der Waals surface area contributed by atoms with Crippen molar-refractivity contribution in [1.29, 1.82) is 0 Å². The molecule has 7 nitrogen and oxygen atoms in total. The number of rotatable bonds is 3. The lowest BCUT2D eigenvalue weighted by Gasteiger charge is -2.14. The lowest BCUT2D eigenvalue weighted by atomic mass is 10.1. The molecule has 0 amide bonds. The molecule has 34 heteroatoms. The first-order chi connectivity index (χ1) is 25.4. The second-order valence-electron chi connectivity index (χ2n) is 10.6. The molecular weight excluding hydrogens is 952 g/mol. The summed E-state index contributed by atoms with van der Waals surface area (Å²) in [5, 5.41) is -24.5. The standard InChI is InChI=1S/C24F24O7S3/c25-8-1-2(9(26)5(8)16(19(31,32)33)56(49,50)22(40,41)42)4-11(28)7(18(21(37,38)39)58(53,54)24(46,47)48)13(30)15(4)55-14-3(1)10(27)6(12(14)29)17(20(34,35)36)57(51,52)23(43,44)45/b16-5?,17-6-,18-7+. The summed E-state index contributed by atoms with van der Waals surface area (Å²) in [6.07, 6.45) is -22.0. The molecule has 0 aliphatic heterocycles. The van der Waals surface area contributed by atoms with Gasteiger partial charge in [0.2, 0.25) is 0 Å². The SMILES string of the molecule is O=S(=O)(C(=c1c(F)c2c3c(F)/c(=C(\C(F)(F)F)S(=O)(=O)C(F)(F)F)c(F)c3oc3c(F)/c(=C(\C(F)(F)F)S(=O)(=O)C(F)(F)F)c(F)c3c2c1F)C(F)(F)F)C(F)(F)F. The molecule has 1 aromatic heterocycles. The third-order valence-electron chi connectivity index (χ3n) is 7.18. The van der Waals surface area contributed by atoms with Crippen molar-refractivity contribution in [3.63, 3.8) is 0 Å². The molecule has 4 aromatic rings. The molecule has 0 saturated heterocycles. The van der Waals surface area contributed by atoms with E-state index in [1.807, 2.05) is 0 Å². The Labute approximate surface area is 297 Å². The topological polar surface area (TPSA) is 116 Å². The molecule has 0 saturated carbocycles. The van der Waals surface area contributed by atoms with E-state index in [0.717, 1.165) is 0 Å². The van der Waals surface area contributed by atoms with Gasteiger partial charge in [0.15, 0.2) is 37.5 Å². The van der Waals surface area contributed by atoms with Gasteiger partial charge in [0.25, 0.3) is 29.5 Å². The Balaban J connectivity index is 2.83. The molecule has 0 atom stereocenters. The number of halogens is 24. The molecule has 4 rings (SSSR count). The Hall–Kier alpha value is -4.37. The van der Waals surface area contributed by atoms with Crippen LogP contribution in [0.15, 0.2) is 4.42 Å². The van der Waals surface area contributed by atoms with Gasteiger partial charge < -0.3 is 4.42 Å². The molecule has 0 aliphatic carbocycles. The van der Waals surface area contributed by atoms with Gasteiger partial charge in [-0.25, -0.2) is 51.6 Å². The molecule has 3 aromatic carbocycles. The van der Waals surface area contributed by atoms with Crippen molar-refractivity contribution in [2.75, 3.05) is 0 Å². The number of fused-ring (bicyclic) bond motifs is 5. The predicted octanol–water partition coefficient (Wildman–Crippen LogP) is 7.11. The van der Waals surface area contributed by atoms with Gasteiger partial charge in [-0.2, -0.15) is 79.0 Å². The van der Waals surface area contributed by atoms with Crippen molar-refractivity contribution < 1.29 is 135 Å². The van der Waals surface area contributed by atoms with Gasteiger partial charge in [0.05, 0.1) is 26.4 Å². The van der Waals surface area contributed by atoms with Gasteiger partial charge in [0.1, 0.15) is 23.3 Å². The van der Waals surface area contributed by atoms with E-state index in [-0.39, 0.29) is 0 Å². The van der Waals surface area contributed by atoms with Crippen LogP contribution in [0, 0.1) is 34.9 Å². The Morgan fingerprint density at radius 2 is 0.517 bits per heavy atom. The highest BCUT2D eigenvalue weighted by molar-refractivity contribution is 8.01. The molecule has 0 spiro atoms. The van der Waals surface area contributed by atoms with Gasteiger partial charge in [-0.3, -0.25) is 0 Å². The largest absolute Gasteiger partial charge is 0.501 e. The molecule has 0 unspecified atom stereocenters. The van der Waals surface area contributed by atoms with Crippen LogP contribution in [0.1, 0.15) is 0 Å². The maximum Gasteiger partial charge on any atom is 0.501 e. The van der Waals surface area contributed by atoms with Gasteiger partial charge >= 0.3 is 35.1 Å². The lowest BCUT2D eigenvalue weighted by Crippen LogP contribution is -2.36. The van der Waals surface area contributed by atoms with Crippen LogP contribution in [0.25, 0.3) is 47.4 Å². The highest BCUT2D eigenvalue weighted by Gasteiger charge is 2.61. The summed E-state index contributed by atoms with van der Waals surface area (Å²) in [4.78, 5) is -13.7. The van der Waals surface area contributed by atoms with Crippen molar-refractivity contribution in [3.05, 3.63) is 50.6 Å². The average Bonchev–Trinajstić information content (AvgIpc) is 3.37. The molecule has 0 bridgehead atoms.